The second-order valence-corrected chi connectivity index (χ2v) is 5.23. The van der Waals surface area contributed by atoms with Crippen LogP contribution < -0.4 is 16.4 Å². The van der Waals surface area contributed by atoms with Gasteiger partial charge in [-0.3, -0.25) is 9.59 Å². The molecule has 0 aliphatic carbocycles. The molecule has 0 saturated heterocycles. The first kappa shape index (κ1) is 17.2. The molecule has 0 aliphatic heterocycles. The van der Waals surface area contributed by atoms with Crippen molar-refractivity contribution in [2.75, 3.05) is 11.9 Å². The highest BCUT2D eigenvalue weighted by molar-refractivity contribution is 5.97. The molecule has 21 heavy (non-hydrogen) atoms. The number of nitrogens with one attached hydrogen (secondary N) is 2. The number of anilines is 1. The first-order chi connectivity index (χ1) is 9.99. The van der Waals surface area contributed by atoms with E-state index in [4.69, 9.17) is 5.73 Å². The van der Waals surface area contributed by atoms with E-state index in [1.54, 1.807) is 24.3 Å². The lowest BCUT2D eigenvalue weighted by Gasteiger charge is -2.17. The van der Waals surface area contributed by atoms with Gasteiger partial charge < -0.3 is 16.4 Å². The van der Waals surface area contributed by atoms with Crippen LogP contribution in [0.5, 0.6) is 0 Å². The predicted molar refractivity (Wildman–Crippen MR) is 85.1 cm³/mol. The van der Waals surface area contributed by atoms with E-state index >= 15 is 0 Å². The molecule has 0 fully saturated rings. The minimum Gasteiger partial charge on any atom is -0.352 e. The van der Waals surface area contributed by atoms with Crippen LogP contribution >= 0.6 is 0 Å². The van der Waals surface area contributed by atoms with Crippen LogP contribution in [-0.4, -0.2) is 24.4 Å². The van der Waals surface area contributed by atoms with Crippen molar-refractivity contribution in [1.29, 1.82) is 0 Å². The highest BCUT2D eigenvalue weighted by Gasteiger charge is 2.19. The van der Waals surface area contributed by atoms with Crippen LogP contribution in [-0.2, 0) is 4.79 Å². The highest BCUT2D eigenvalue weighted by atomic mass is 16.2. The first-order valence-electron chi connectivity index (χ1n) is 7.44. The summed E-state index contributed by atoms with van der Waals surface area (Å²) in [6, 6.07) is 6.28. The smallest absolute Gasteiger partial charge is 0.251 e. The van der Waals surface area contributed by atoms with Gasteiger partial charge in [0.2, 0.25) is 5.91 Å². The van der Waals surface area contributed by atoms with E-state index < -0.39 is 6.04 Å². The van der Waals surface area contributed by atoms with Crippen LogP contribution in [0, 0.1) is 5.92 Å². The molecule has 0 bridgehead atoms. The SMILES string of the molecule is CCCNC(=O)c1ccc(NC(=O)C(N)C(C)CC)cc1. The maximum Gasteiger partial charge on any atom is 0.251 e. The molecule has 1 rings (SSSR count). The molecule has 0 aromatic heterocycles. The van der Waals surface area contributed by atoms with Crippen LogP contribution in [0.15, 0.2) is 24.3 Å². The van der Waals surface area contributed by atoms with E-state index in [2.05, 4.69) is 10.6 Å². The number of carbonyl (C=O) groups excluding carboxylic acids is 2. The Morgan fingerprint density at radius 3 is 2.33 bits per heavy atom. The summed E-state index contributed by atoms with van der Waals surface area (Å²) in [6.07, 6.45) is 1.75. The Kier molecular flexibility index (Phi) is 6.88. The molecular weight excluding hydrogens is 266 g/mol. The second kappa shape index (κ2) is 8.42. The van der Waals surface area contributed by atoms with Gasteiger partial charge in [-0.2, -0.15) is 0 Å². The molecule has 4 N–H and O–H groups in total. The van der Waals surface area contributed by atoms with Gasteiger partial charge in [-0.1, -0.05) is 27.2 Å². The quantitative estimate of drug-likeness (QED) is 0.719. The van der Waals surface area contributed by atoms with Gasteiger partial charge in [0.25, 0.3) is 5.91 Å². The third-order valence-corrected chi connectivity index (χ3v) is 3.51. The Labute approximate surface area is 126 Å². The highest BCUT2D eigenvalue weighted by Crippen LogP contribution is 2.12. The van der Waals surface area contributed by atoms with E-state index in [1.165, 1.54) is 0 Å². The lowest BCUT2D eigenvalue weighted by Crippen LogP contribution is -2.40. The van der Waals surface area contributed by atoms with E-state index in [0.717, 1.165) is 12.8 Å². The lowest BCUT2D eigenvalue weighted by molar-refractivity contribution is -0.118. The Bertz CT molecular complexity index is 471. The molecule has 0 radical (unpaired) electrons. The minimum absolute atomic E-state index is 0.106. The normalized spacial score (nSPS) is 13.3. The topological polar surface area (TPSA) is 84.2 Å². The fourth-order valence-corrected chi connectivity index (χ4v) is 1.78. The Hall–Kier alpha value is -1.88. The largest absolute Gasteiger partial charge is 0.352 e. The molecule has 116 valence electrons. The molecule has 2 amide bonds. The molecule has 2 atom stereocenters. The molecule has 0 spiro atoms. The number of hydrogen-bond donors (Lipinski definition) is 3. The molecule has 0 aliphatic rings. The molecule has 5 nitrogen and oxygen atoms in total. The van der Waals surface area contributed by atoms with Crippen molar-refractivity contribution in [3.8, 4) is 0 Å². The second-order valence-electron chi connectivity index (χ2n) is 5.23. The van der Waals surface area contributed by atoms with Crippen LogP contribution in [0.3, 0.4) is 0 Å². The number of rotatable bonds is 7. The zero-order chi connectivity index (χ0) is 15.8. The van der Waals surface area contributed by atoms with Crippen molar-refractivity contribution in [3.63, 3.8) is 0 Å². The summed E-state index contributed by atoms with van der Waals surface area (Å²) in [4.78, 5) is 23.7. The molecule has 0 heterocycles. The summed E-state index contributed by atoms with van der Waals surface area (Å²) >= 11 is 0. The van der Waals surface area contributed by atoms with Gasteiger partial charge in [-0.25, -0.2) is 0 Å². The zero-order valence-corrected chi connectivity index (χ0v) is 13.0. The zero-order valence-electron chi connectivity index (χ0n) is 13.0. The van der Waals surface area contributed by atoms with Gasteiger partial charge in [0, 0.05) is 17.8 Å². The van der Waals surface area contributed by atoms with Gasteiger partial charge in [0.15, 0.2) is 0 Å². The van der Waals surface area contributed by atoms with Gasteiger partial charge in [-0.05, 0) is 36.6 Å². The van der Waals surface area contributed by atoms with Crippen LogP contribution in [0.25, 0.3) is 0 Å². The van der Waals surface area contributed by atoms with E-state index in [9.17, 15) is 9.59 Å². The van der Waals surface area contributed by atoms with E-state index in [1.807, 2.05) is 20.8 Å². The van der Waals surface area contributed by atoms with Gasteiger partial charge >= 0.3 is 0 Å². The summed E-state index contributed by atoms with van der Waals surface area (Å²) in [6.45, 7) is 6.60. The maximum absolute atomic E-state index is 12.0. The molecule has 2 unspecified atom stereocenters. The van der Waals surface area contributed by atoms with Crippen molar-refractivity contribution in [2.45, 2.75) is 39.7 Å². The van der Waals surface area contributed by atoms with Crippen molar-refractivity contribution in [1.82, 2.24) is 5.32 Å². The van der Waals surface area contributed by atoms with Crippen molar-refractivity contribution >= 4 is 17.5 Å². The number of benzene rings is 1. The van der Waals surface area contributed by atoms with Crippen molar-refractivity contribution in [2.24, 2.45) is 11.7 Å². The van der Waals surface area contributed by atoms with Crippen LogP contribution in [0.1, 0.15) is 44.0 Å². The molecule has 1 aromatic rings. The number of amides is 2. The predicted octanol–water partition coefficient (Wildman–Crippen LogP) is 2.14. The lowest BCUT2D eigenvalue weighted by atomic mass is 9.99. The van der Waals surface area contributed by atoms with Gasteiger partial charge in [0.05, 0.1) is 6.04 Å². The fourth-order valence-electron chi connectivity index (χ4n) is 1.78. The standard InChI is InChI=1S/C16H25N3O2/c1-4-10-18-15(20)12-6-8-13(9-7-12)19-16(21)14(17)11(3)5-2/h6-9,11,14H,4-5,10,17H2,1-3H3,(H,18,20)(H,19,21). The van der Waals surface area contributed by atoms with Gasteiger partial charge in [0.1, 0.15) is 0 Å². The van der Waals surface area contributed by atoms with Crippen molar-refractivity contribution < 1.29 is 9.59 Å². The van der Waals surface area contributed by atoms with Crippen molar-refractivity contribution in [3.05, 3.63) is 29.8 Å². The number of carbonyl (C=O) groups is 2. The summed E-state index contributed by atoms with van der Waals surface area (Å²) in [5.41, 5.74) is 7.10. The maximum atomic E-state index is 12.0. The van der Waals surface area contributed by atoms with E-state index in [-0.39, 0.29) is 17.7 Å². The van der Waals surface area contributed by atoms with Crippen LogP contribution in [0.4, 0.5) is 5.69 Å². The third kappa shape index (κ3) is 5.19. The summed E-state index contributed by atoms with van der Waals surface area (Å²) < 4.78 is 0. The Morgan fingerprint density at radius 1 is 1.19 bits per heavy atom. The molecular formula is C16H25N3O2. The third-order valence-electron chi connectivity index (χ3n) is 3.51. The van der Waals surface area contributed by atoms with Gasteiger partial charge in [-0.15, -0.1) is 0 Å². The summed E-state index contributed by atoms with van der Waals surface area (Å²) in [5.74, 6) is -0.178. The average molecular weight is 291 g/mol. The Balaban J connectivity index is 2.62. The fraction of sp³-hybridized carbons (Fsp3) is 0.500. The molecule has 5 heteroatoms. The summed E-state index contributed by atoms with van der Waals surface area (Å²) in [5, 5.41) is 5.57. The van der Waals surface area contributed by atoms with E-state index in [0.29, 0.717) is 17.8 Å². The Morgan fingerprint density at radius 2 is 1.81 bits per heavy atom. The van der Waals surface area contributed by atoms with Crippen LogP contribution in [0.2, 0.25) is 0 Å². The minimum atomic E-state index is -0.525. The first-order valence-corrected chi connectivity index (χ1v) is 7.44. The number of nitrogens with two attached hydrogens (primary N) is 1. The molecule has 1 aromatic carbocycles. The monoisotopic (exact) mass is 291 g/mol. The number of hydrogen-bond acceptors (Lipinski definition) is 3. The molecule has 0 saturated carbocycles. The average Bonchev–Trinajstić information content (AvgIpc) is 2.51. The summed E-state index contributed by atoms with van der Waals surface area (Å²) in [7, 11) is 0.